The van der Waals surface area contributed by atoms with Crippen molar-refractivity contribution in [2.24, 2.45) is 0 Å². The molecule has 0 fully saturated rings. The lowest BCUT2D eigenvalue weighted by atomic mass is 9.77. The molecule has 1 aromatic rings. The van der Waals surface area contributed by atoms with Crippen LogP contribution < -0.4 is 0 Å². The van der Waals surface area contributed by atoms with Gasteiger partial charge in [-0.2, -0.15) is 0 Å². The molecule has 2 atom stereocenters. The fourth-order valence-corrected chi connectivity index (χ4v) is 13.9. The zero-order valence-corrected chi connectivity index (χ0v) is 28.3. The van der Waals surface area contributed by atoms with Gasteiger partial charge >= 0.3 is 0 Å². The van der Waals surface area contributed by atoms with Gasteiger partial charge in [-0.15, -0.1) is 11.3 Å². The molecule has 1 N–H and O–H groups in total. The standard InChI is InChI=1S/C30H56O3SSi2/c1-13-28(33-35(11,12)29(8,9)10)30(31,25-17-15-14-16-18-25)26-19-27(34-21-26)20-32-36(22(2)3,23(4)5)24(6)7/h17,19,21-24,28,31H,13-16,18,20H2,1-12H3. The SMILES string of the molecule is CCC(O[Si](C)(C)C(C)(C)C)C(O)(C1=CCCCC1)c1csc(CO[Si](C(C)C)(C(C)C)C(C)C)c1. The van der Waals surface area contributed by atoms with Crippen LogP contribution in [0, 0.1) is 0 Å². The quantitative estimate of drug-likeness (QED) is 0.207. The molecular weight excluding hydrogens is 497 g/mol. The van der Waals surface area contributed by atoms with Crippen LogP contribution in [0.2, 0.25) is 34.8 Å². The zero-order chi connectivity index (χ0) is 27.5. The maximum atomic E-state index is 12.6. The molecule has 2 unspecified atom stereocenters. The minimum absolute atomic E-state index is 0.0917. The number of allylic oxidation sites excluding steroid dienone is 1. The van der Waals surface area contributed by atoms with Crippen LogP contribution in [0.1, 0.15) is 112 Å². The third kappa shape index (κ3) is 6.48. The summed E-state index contributed by atoms with van der Waals surface area (Å²) < 4.78 is 13.9. The van der Waals surface area contributed by atoms with E-state index in [1.54, 1.807) is 11.3 Å². The summed E-state index contributed by atoms with van der Waals surface area (Å²) in [5, 5.41) is 14.9. The average Bonchev–Trinajstić information content (AvgIpc) is 3.26. The number of rotatable bonds is 12. The molecule has 0 aliphatic heterocycles. The first-order chi connectivity index (χ1) is 16.5. The first-order valence-electron chi connectivity index (χ1n) is 14.4. The van der Waals surface area contributed by atoms with Crippen molar-refractivity contribution >= 4 is 28.0 Å². The Balaban J connectivity index is 2.46. The Kier molecular flexibility index (Phi) is 10.9. The van der Waals surface area contributed by atoms with E-state index in [9.17, 15) is 5.11 Å². The van der Waals surface area contributed by atoms with Crippen LogP contribution >= 0.6 is 11.3 Å². The topological polar surface area (TPSA) is 38.7 Å². The third-order valence-electron chi connectivity index (χ3n) is 9.13. The summed E-state index contributed by atoms with van der Waals surface area (Å²) in [6.07, 6.45) is 7.15. The van der Waals surface area contributed by atoms with Gasteiger partial charge in [-0.05, 0) is 83.9 Å². The van der Waals surface area contributed by atoms with Crippen molar-refractivity contribution in [3.05, 3.63) is 33.5 Å². The van der Waals surface area contributed by atoms with Crippen LogP contribution in [0.15, 0.2) is 23.1 Å². The Hall–Kier alpha value is -0.246. The molecule has 1 aliphatic rings. The van der Waals surface area contributed by atoms with Crippen molar-refractivity contribution in [2.75, 3.05) is 0 Å². The Morgan fingerprint density at radius 3 is 2.03 bits per heavy atom. The summed E-state index contributed by atoms with van der Waals surface area (Å²) >= 11 is 1.73. The van der Waals surface area contributed by atoms with Crippen molar-refractivity contribution < 1.29 is 14.0 Å². The smallest absolute Gasteiger partial charge is 0.200 e. The molecule has 208 valence electrons. The van der Waals surface area contributed by atoms with Crippen LogP contribution in [0.4, 0.5) is 0 Å². The molecule has 0 bridgehead atoms. The summed E-state index contributed by atoms with van der Waals surface area (Å²) in [4.78, 5) is 1.21. The first kappa shape index (κ1) is 32.0. The highest BCUT2D eigenvalue weighted by Gasteiger charge is 2.48. The van der Waals surface area contributed by atoms with Crippen molar-refractivity contribution in [3.8, 4) is 0 Å². The predicted octanol–water partition coefficient (Wildman–Crippen LogP) is 9.93. The van der Waals surface area contributed by atoms with E-state index < -0.39 is 22.2 Å². The van der Waals surface area contributed by atoms with E-state index in [-0.39, 0.29) is 11.1 Å². The summed E-state index contributed by atoms with van der Waals surface area (Å²) in [5.74, 6) is 0. The maximum Gasteiger partial charge on any atom is 0.200 e. The largest absolute Gasteiger partial charge is 0.411 e. The highest BCUT2D eigenvalue weighted by atomic mass is 32.1. The number of hydrogen-bond acceptors (Lipinski definition) is 4. The Morgan fingerprint density at radius 2 is 1.58 bits per heavy atom. The zero-order valence-electron chi connectivity index (χ0n) is 25.5. The fraction of sp³-hybridized carbons (Fsp3) is 0.800. The maximum absolute atomic E-state index is 12.6. The van der Waals surface area contributed by atoms with E-state index in [2.05, 4.69) is 99.9 Å². The first-order valence-corrected chi connectivity index (χ1v) is 20.3. The van der Waals surface area contributed by atoms with Gasteiger partial charge < -0.3 is 14.0 Å². The predicted molar refractivity (Wildman–Crippen MR) is 163 cm³/mol. The van der Waals surface area contributed by atoms with Crippen LogP contribution in [0.5, 0.6) is 0 Å². The molecular formula is C30H56O3SSi2. The van der Waals surface area contributed by atoms with E-state index in [0.717, 1.165) is 36.8 Å². The van der Waals surface area contributed by atoms with Gasteiger partial charge in [0.05, 0.1) is 12.7 Å². The van der Waals surface area contributed by atoms with E-state index in [1.807, 2.05) is 0 Å². The molecule has 1 heterocycles. The molecule has 0 amide bonds. The molecule has 2 rings (SSSR count). The second-order valence-electron chi connectivity index (χ2n) is 13.4. The molecule has 0 spiro atoms. The lowest BCUT2D eigenvalue weighted by Crippen LogP contribution is -2.51. The Labute approximate surface area is 229 Å². The van der Waals surface area contributed by atoms with Gasteiger partial charge in [-0.3, -0.25) is 0 Å². The molecule has 1 aliphatic carbocycles. The minimum Gasteiger partial charge on any atom is -0.411 e. The van der Waals surface area contributed by atoms with Crippen molar-refractivity contribution in [1.29, 1.82) is 0 Å². The highest BCUT2D eigenvalue weighted by Crippen LogP contribution is 2.47. The van der Waals surface area contributed by atoms with E-state index in [0.29, 0.717) is 23.2 Å². The summed E-state index contributed by atoms with van der Waals surface area (Å²) in [5.41, 5.74) is 2.74. The van der Waals surface area contributed by atoms with Crippen molar-refractivity contribution in [2.45, 2.75) is 154 Å². The van der Waals surface area contributed by atoms with Gasteiger partial charge in [-0.1, -0.05) is 75.3 Å². The molecule has 36 heavy (non-hydrogen) atoms. The summed E-state index contributed by atoms with van der Waals surface area (Å²) in [7, 11) is -4.02. The van der Waals surface area contributed by atoms with Gasteiger partial charge in [-0.25, -0.2) is 0 Å². The van der Waals surface area contributed by atoms with E-state index >= 15 is 0 Å². The Bertz CT molecular complexity index is 844. The minimum atomic E-state index is -2.07. The number of thiophene rings is 1. The molecule has 1 aromatic heterocycles. The second kappa shape index (κ2) is 12.3. The molecule has 0 aromatic carbocycles. The van der Waals surface area contributed by atoms with Gasteiger partial charge in [0.15, 0.2) is 8.32 Å². The highest BCUT2D eigenvalue weighted by molar-refractivity contribution is 7.10. The normalized spacial score (nSPS) is 18.6. The van der Waals surface area contributed by atoms with Gasteiger partial charge in [0, 0.05) is 10.4 Å². The van der Waals surface area contributed by atoms with Gasteiger partial charge in [0.2, 0.25) is 8.32 Å². The molecule has 6 heteroatoms. The Morgan fingerprint density at radius 1 is 1.00 bits per heavy atom. The molecule has 0 radical (unpaired) electrons. The van der Waals surface area contributed by atoms with Crippen molar-refractivity contribution in [3.63, 3.8) is 0 Å². The molecule has 3 nitrogen and oxygen atoms in total. The van der Waals surface area contributed by atoms with Crippen LogP contribution in [0.25, 0.3) is 0 Å². The molecule has 0 saturated carbocycles. The van der Waals surface area contributed by atoms with Crippen LogP contribution in [0.3, 0.4) is 0 Å². The number of hydrogen-bond donors (Lipinski definition) is 1. The van der Waals surface area contributed by atoms with Gasteiger partial charge in [0.25, 0.3) is 0 Å². The van der Waals surface area contributed by atoms with Gasteiger partial charge in [0.1, 0.15) is 5.60 Å². The lowest BCUT2D eigenvalue weighted by Gasteiger charge is -2.46. The average molecular weight is 553 g/mol. The van der Waals surface area contributed by atoms with Crippen LogP contribution in [-0.4, -0.2) is 27.8 Å². The lowest BCUT2D eigenvalue weighted by molar-refractivity contribution is -0.0493. The number of aliphatic hydroxyl groups is 1. The van der Waals surface area contributed by atoms with E-state index in [4.69, 9.17) is 8.85 Å². The monoisotopic (exact) mass is 552 g/mol. The van der Waals surface area contributed by atoms with Crippen LogP contribution in [-0.2, 0) is 21.1 Å². The fourth-order valence-electron chi connectivity index (χ4n) is 6.11. The third-order valence-corrected chi connectivity index (χ3v) is 20.6. The van der Waals surface area contributed by atoms with Crippen molar-refractivity contribution in [1.82, 2.24) is 0 Å². The molecule has 0 saturated heterocycles. The summed E-state index contributed by atoms with van der Waals surface area (Å²) in [6, 6.07) is 2.22. The van der Waals surface area contributed by atoms with E-state index in [1.165, 1.54) is 11.3 Å². The summed E-state index contributed by atoms with van der Waals surface area (Å²) in [6.45, 7) is 28.3. The second-order valence-corrected chi connectivity index (χ2v) is 24.6.